The Kier molecular flexibility index (Phi) is 2.65. The molecule has 0 aliphatic carbocycles. The zero-order valence-corrected chi connectivity index (χ0v) is 9.76. The molecule has 0 radical (unpaired) electrons. The maximum atomic E-state index is 3.97. The lowest BCUT2D eigenvalue weighted by Crippen LogP contribution is -2.40. The molecule has 0 spiro atoms. The highest BCUT2D eigenvalue weighted by Crippen LogP contribution is 2.25. The molecule has 0 aromatic carbocycles. The van der Waals surface area contributed by atoms with Gasteiger partial charge in [-0.2, -0.15) is 0 Å². The number of aryl methyl sites for hydroxylation is 1. The SMILES string of the molecule is Cn1nncc1CN1C[C@@H]2CCCN[C@@H]2C1. The van der Waals surface area contributed by atoms with Gasteiger partial charge in [0.1, 0.15) is 0 Å². The number of nitrogens with one attached hydrogen (secondary N) is 1. The van der Waals surface area contributed by atoms with E-state index in [0.717, 1.165) is 18.5 Å². The molecular weight excluding hydrogens is 202 g/mol. The first-order valence-corrected chi connectivity index (χ1v) is 6.12. The Balaban J connectivity index is 1.63. The highest BCUT2D eigenvalue weighted by atomic mass is 15.4. The van der Waals surface area contributed by atoms with E-state index in [1.807, 2.05) is 17.9 Å². The van der Waals surface area contributed by atoms with Gasteiger partial charge in [-0.1, -0.05) is 5.21 Å². The van der Waals surface area contributed by atoms with Gasteiger partial charge in [0.25, 0.3) is 0 Å². The normalized spacial score (nSPS) is 30.6. The largest absolute Gasteiger partial charge is 0.312 e. The van der Waals surface area contributed by atoms with E-state index in [0.29, 0.717) is 0 Å². The summed E-state index contributed by atoms with van der Waals surface area (Å²) in [6.45, 7) is 4.58. The molecule has 1 aromatic rings. The third kappa shape index (κ3) is 1.85. The van der Waals surface area contributed by atoms with E-state index < -0.39 is 0 Å². The average Bonchev–Trinajstić information content (AvgIpc) is 2.85. The van der Waals surface area contributed by atoms with Crippen LogP contribution in [-0.4, -0.2) is 45.6 Å². The molecule has 0 unspecified atom stereocenters. The van der Waals surface area contributed by atoms with Gasteiger partial charge < -0.3 is 5.32 Å². The second kappa shape index (κ2) is 4.14. The van der Waals surface area contributed by atoms with Crippen LogP contribution in [0.1, 0.15) is 18.5 Å². The van der Waals surface area contributed by atoms with Crippen molar-refractivity contribution in [3.8, 4) is 0 Å². The minimum absolute atomic E-state index is 0.718. The third-order valence-corrected chi connectivity index (χ3v) is 3.87. The number of hydrogen-bond acceptors (Lipinski definition) is 4. The predicted molar refractivity (Wildman–Crippen MR) is 60.8 cm³/mol. The van der Waals surface area contributed by atoms with Crippen LogP contribution >= 0.6 is 0 Å². The van der Waals surface area contributed by atoms with Crippen molar-refractivity contribution < 1.29 is 0 Å². The monoisotopic (exact) mass is 221 g/mol. The van der Waals surface area contributed by atoms with Crippen LogP contribution in [0, 0.1) is 5.92 Å². The molecule has 1 aromatic heterocycles. The second-order valence-corrected chi connectivity index (χ2v) is 5.01. The van der Waals surface area contributed by atoms with E-state index >= 15 is 0 Å². The number of likely N-dealkylation sites (tertiary alicyclic amines) is 1. The summed E-state index contributed by atoms with van der Waals surface area (Å²) in [6.07, 6.45) is 4.59. The molecule has 1 N–H and O–H groups in total. The smallest absolute Gasteiger partial charge is 0.0738 e. The van der Waals surface area contributed by atoms with Gasteiger partial charge in [0.15, 0.2) is 0 Å². The van der Waals surface area contributed by atoms with E-state index in [1.54, 1.807) is 0 Å². The molecule has 2 saturated heterocycles. The Morgan fingerprint density at radius 2 is 2.44 bits per heavy atom. The van der Waals surface area contributed by atoms with Gasteiger partial charge in [0.05, 0.1) is 11.9 Å². The molecular formula is C11H19N5. The van der Waals surface area contributed by atoms with Crippen LogP contribution in [0.3, 0.4) is 0 Å². The van der Waals surface area contributed by atoms with E-state index in [1.165, 1.54) is 38.2 Å². The molecule has 5 nitrogen and oxygen atoms in total. The molecule has 2 atom stereocenters. The van der Waals surface area contributed by atoms with Crippen LogP contribution in [0.2, 0.25) is 0 Å². The first-order valence-electron chi connectivity index (χ1n) is 6.12. The predicted octanol–water partition coefficient (Wildman–Crippen LogP) is -0.00110. The molecule has 3 heterocycles. The quantitative estimate of drug-likeness (QED) is 0.763. The molecule has 5 heteroatoms. The molecule has 88 valence electrons. The minimum Gasteiger partial charge on any atom is -0.312 e. The third-order valence-electron chi connectivity index (χ3n) is 3.87. The topological polar surface area (TPSA) is 46.0 Å². The van der Waals surface area contributed by atoms with Gasteiger partial charge in [-0.3, -0.25) is 9.58 Å². The van der Waals surface area contributed by atoms with Crippen molar-refractivity contribution in [2.24, 2.45) is 13.0 Å². The van der Waals surface area contributed by atoms with E-state index in [-0.39, 0.29) is 0 Å². The van der Waals surface area contributed by atoms with Crippen molar-refractivity contribution in [2.45, 2.75) is 25.4 Å². The number of rotatable bonds is 2. The van der Waals surface area contributed by atoms with Crippen molar-refractivity contribution in [1.29, 1.82) is 0 Å². The first kappa shape index (κ1) is 10.2. The molecule has 16 heavy (non-hydrogen) atoms. The Bertz CT molecular complexity index is 347. The van der Waals surface area contributed by atoms with Crippen molar-refractivity contribution in [3.63, 3.8) is 0 Å². The molecule has 3 rings (SSSR count). The van der Waals surface area contributed by atoms with E-state index in [4.69, 9.17) is 0 Å². The molecule has 2 aliphatic heterocycles. The summed E-state index contributed by atoms with van der Waals surface area (Å²) in [5.74, 6) is 0.856. The lowest BCUT2D eigenvalue weighted by atomic mass is 9.94. The Labute approximate surface area is 95.8 Å². The van der Waals surface area contributed by atoms with Crippen LogP contribution < -0.4 is 5.32 Å². The summed E-state index contributed by atoms with van der Waals surface area (Å²) in [6, 6.07) is 0.718. The zero-order valence-electron chi connectivity index (χ0n) is 9.76. The summed E-state index contributed by atoms with van der Waals surface area (Å²) in [5, 5.41) is 11.5. The fourth-order valence-corrected chi connectivity index (χ4v) is 2.95. The van der Waals surface area contributed by atoms with Crippen LogP contribution in [-0.2, 0) is 13.6 Å². The average molecular weight is 221 g/mol. The van der Waals surface area contributed by atoms with E-state index in [2.05, 4.69) is 20.5 Å². The van der Waals surface area contributed by atoms with Crippen LogP contribution in [0.4, 0.5) is 0 Å². The molecule has 2 fully saturated rings. The fourth-order valence-electron chi connectivity index (χ4n) is 2.95. The van der Waals surface area contributed by atoms with Gasteiger partial charge in [-0.15, -0.1) is 5.10 Å². The van der Waals surface area contributed by atoms with Gasteiger partial charge in [0.2, 0.25) is 0 Å². The summed E-state index contributed by atoms with van der Waals surface area (Å²) in [5.41, 5.74) is 1.21. The molecule has 0 saturated carbocycles. The van der Waals surface area contributed by atoms with E-state index in [9.17, 15) is 0 Å². The van der Waals surface area contributed by atoms with Gasteiger partial charge in [-0.05, 0) is 25.3 Å². The van der Waals surface area contributed by atoms with Gasteiger partial charge in [0, 0.05) is 32.7 Å². The Morgan fingerprint density at radius 3 is 3.19 bits per heavy atom. The maximum absolute atomic E-state index is 3.97. The van der Waals surface area contributed by atoms with Crippen molar-refractivity contribution in [2.75, 3.05) is 19.6 Å². The summed E-state index contributed by atoms with van der Waals surface area (Å²) in [7, 11) is 1.96. The van der Waals surface area contributed by atoms with Crippen molar-refractivity contribution in [3.05, 3.63) is 11.9 Å². The lowest BCUT2D eigenvalue weighted by Gasteiger charge is -2.24. The van der Waals surface area contributed by atoms with Gasteiger partial charge in [-0.25, -0.2) is 0 Å². The zero-order chi connectivity index (χ0) is 11.0. The summed E-state index contributed by atoms with van der Waals surface area (Å²) in [4.78, 5) is 2.52. The highest BCUT2D eigenvalue weighted by molar-refractivity contribution is 4.98. The molecule has 0 amide bonds. The molecule has 0 bridgehead atoms. The number of piperidine rings is 1. The Hall–Kier alpha value is -0.940. The van der Waals surface area contributed by atoms with Crippen molar-refractivity contribution in [1.82, 2.24) is 25.2 Å². The highest BCUT2D eigenvalue weighted by Gasteiger charge is 2.34. The Morgan fingerprint density at radius 1 is 1.50 bits per heavy atom. The summed E-state index contributed by atoms with van der Waals surface area (Å²) < 4.78 is 1.87. The van der Waals surface area contributed by atoms with Gasteiger partial charge >= 0.3 is 0 Å². The molecule has 2 aliphatic rings. The minimum atomic E-state index is 0.718. The number of aromatic nitrogens is 3. The fraction of sp³-hybridized carbons (Fsp3) is 0.818. The van der Waals surface area contributed by atoms with Crippen LogP contribution in [0.15, 0.2) is 6.20 Å². The van der Waals surface area contributed by atoms with Crippen molar-refractivity contribution >= 4 is 0 Å². The standard InChI is InChI=1S/C11H19N5/c1-15-10(5-13-14-15)7-16-6-9-3-2-4-12-11(9)8-16/h5,9,11-12H,2-4,6-8H2,1H3/t9-,11+/m0/s1. The number of fused-ring (bicyclic) bond motifs is 1. The maximum Gasteiger partial charge on any atom is 0.0738 e. The summed E-state index contributed by atoms with van der Waals surface area (Å²) >= 11 is 0. The number of nitrogens with zero attached hydrogens (tertiary/aromatic N) is 4. The first-order chi connectivity index (χ1) is 7.83. The van der Waals surface area contributed by atoms with Crippen LogP contribution in [0.25, 0.3) is 0 Å². The number of hydrogen-bond donors (Lipinski definition) is 1. The van der Waals surface area contributed by atoms with Crippen LogP contribution in [0.5, 0.6) is 0 Å². The second-order valence-electron chi connectivity index (χ2n) is 5.01. The lowest BCUT2D eigenvalue weighted by molar-refractivity contribution is 0.304.